The van der Waals surface area contributed by atoms with Crippen molar-refractivity contribution in [2.75, 3.05) is 31.1 Å². The molecule has 1 aromatic carbocycles. The molecule has 0 spiro atoms. The molecule has 2 aliphatic heterocycles. The van der Waals surface area contributed by atoms with Gasteiger partial charge < -0.3 is 14.5 Å². The Kier molecular flexibility index (Phi) is 4.25. The highest BCUT2D eigenvalue weighted by Crippen LogP contribution is 2.32. The molecule has 3 heterocycles. The van der Waals surface area contributed by atoms with Crippen LogP contribution in [0, 0.1) is 6.92 Å². The lowest BCUT2D eigenvalue weighted by molar-refractivity contribution is -0.138. The number of nitrogens with zero attached hydrogens (tertiary/aromatic N) is 3. The number of rotatable bonds is 2. The summed E-state index contributed by atoms with van der Waals surface area (Å²) in [6.45, 7) is 4.93. The summed E-state index contributed by atoms with van der Waals surface area (Å²) in [4.78, 5) is 21.5. The Morgan fingerprint density at radius 1 is 1.20 bits per heavy atom. The second-order valence-electron chi connectivity index (χ2n) is 6.51. The van der Waals surface area contributed by atoms with E-state index in [0.29, 0.717) is 24.5 Å². The first-order valence-electron chi connectivity index (χ1n) is 8.52. The third kappa shape index (κ3) is 3.29. The van der Waals surface area contributed by atoms with Crippen molar-refractivity contribution in [1.82, 2.24) is 9.88 Å². The van der Waals surface area contributed by atoms with Crippen LogP contribution in [0.3, 0.4) is 0 Å². The number of carbonyl (C=O) groups is 1. The summed E-state index contributed by atoms with van der Waals surface area (Å²) in [5, 5.41) is 0.676. The molecule has 1 atom stereocenters. The van der Waals surface area contributed by atoms with Crippen molar-refractivity contribution in [2.24, 2.45) is 0 Å². The Bertz CT molecular complexity index is 803. The number of anilines is 1. The van der Waals surface area contributed by atoms with Gasteiger partial charge >= 0.3 is 0 Å². The number of halogens is 1. The number of carbonyl (C=O) groups excluding carboxylic acids is 1. The minimum atomic E-state index is -0.433. The smallest absolute Gasteiger partial charge is 0.264 e. The SMILES string of the molecule is Cc1cccc(N2CCN(C(=O)C3Cc4cc(Cl)ccc4O3)CC2)n1. The highest BCUT2D eigenvalue weighted by molar-refractivity contribution is 6.30. The summed E-state index contributed by atoms with van der Waals surface area (Å²) < 4.78 is 5.83. The van der Waals surface area contributed by atoms with Crippen molar-refractivity contribution in [3.05, 3.63) is 52.7 Å². The Morgan fingerprint density at radius 3 is 2.76 bits per heavy atom. The van der Waals surface area contributed by atoms with Crippen LogP contribution in [-0.4, -0.2) is 48.1 Å². The maximum Gasteiger partial charge on any atom is 0.264 e. The fourth-order valence-electron chi connectivity index (χ4n) is 3.42. The van der Waals surface area contributed by atoms with Gasteiger partial charge in [0.25, 0.3) is 5.91 Å². The van der Waals surface area contributed by atoms with E-state index >= 15 is 0 Å². The lowest BCUT2D eigenvalue weighted by Gasteiger charge is -2.36. The van der Waals surface area contributed by atoms with Crippen LogP contribution >= 0.6 is 11.6 Å². The fourth-order valence-corrected chi connectivity index (χ4v) is 3.61. The van der Waals surface area contributed by atoms with Gasteiger partial charge in [0, 0.05) is 43.3 Å². The minimum absolute atomic E-state index is 0.0594. The van der Waals surface area contributed by atoms with Crippen LogP contribution < -0.4 is 9.64 Å². The average molecular weight is 358 g/mol. The van der Waals surface area contributed by atoms with Gasteiger partial charge in [0.05, 0.1) is 0 Å². The lowest BCUT2D eigenvalue weighted by Crippen LogP contribution is -2.52. The van der Waals surface area contributed by atoms with E-state index in [1.807, 2.05) is 42.2 Å². The number of hydrogen-bond donors (Lipinski definition) is 0. The molecule has 1 saturated heterocycles. The quantitative estimate of drug-likeness (QED) is 0.829. The molecular weight excluding hydrogens is 338 g/mol. The summed E-state index contributed by atoms with van der Waals surface area (Å²) >= 11 is 6.02. The minimum Gasteiger partial charge on any atom is -0.480 e. The van der Waals surface area contributed by atoms with E-state index in [1.54, 1.807) is 6.07 Å². The molecule has 1 unspecified atom stereocenters. The molecule has 25 heavy (non-hydrogen) atoms. The van der Waals surface area contributed by atoms with Gasteiger partial charge in [-0.05, 0) is 42.8 Å². The third-order valence-corrected chi connectivity index (χ3v) is 5.00. The van der Waals surface area contributed by atoms with Gasteiger partial charge in [0.15, 0.2) is 6.10 Å². The molecule has 4 rings (SSSR count). The van der Waals surface area contributed by atoms with Crippen molar-refractivity contribution in [3.63, 3.8) is 0 Å². The van der Waals surface area contributed by atoms with Crippen molar-refractivity contribution in [3.8, 4) is 5.75 Å². The van der Waals surface area contributed by atoms with Crippen LogP contribution in [0.2, 0.25) is 5.02 Å². The zero-order valence-corrected chi connectivity index (χ0v) is 14.9. The van der Waals surface area contributed by atoms with E-state index in [0.717, 1.165) is 35.9 Å². The number of benzene rings is 1. The molecule has 1 fully saturated rings. The van der Waals surface area contributed by atoms with Gasteiger partial charge in [-0.25, -0.2) is 4.98 Å². The fraction of sp³-hybridized carbons (Fsp3) is 0.368. The molecule has 0 N–H and O–H groups in total. The highest BCUT2D eigenvalue weighted by Gasteiger charge is 2.34. The predicted molar refractivity (Wildman–Crippen MR) is 97.3 cm³/mol. The van der Waals surface area contributed by atoms with Crippen LogP contribution in [0.1, 0.15) is 11.3 Å². The molecule has 0 aliphatic carbocycles. The molecule has 1 amide bonds. The molecule has 2 aliphatic rings. The van der Waals surface area contributed by atoms with Crippen molar-refractivity contribution < 1.29 is 9.53 Å². The zero-order chi connectivity index (χ0) is 17.4. The molecule has 0 bridgehead atoms. The molecule has 5 nitrogen and oxygen atoms in total. The molecule has 0 radical (unpaired) electrons. The number of hydrogen-bond acceptors (Lipinski definition) is 4. The van der Waals surface area contributed by atoms with Crippen molar-refractivity contribution >= 4 is 23.3 Å². The molecule has 0 saturated carbocycles. The Hall–Kier alpha value is -2.27. The van der Waals surface area contributed by atoms with Gasteiger partial charge in [0.1, 0.15) is 11.6 Å². The monoisotopic (exact) mass is 357 g/mol. The Morgan fingerprint density at radius 2 is 2.00 bits per heavy atom. The standard InChI is InChI=1S/C19H20ClN3O2/c1-13-3-2-4-18(21-13)22-7-9-23(10-8-22)19(24)17-12-14-11-15(20)5-6-16(14)25-17/h2-6,11,17H,7-10,12H2,1H3. The van der Waals surface area contributed by atoms with Crippen LogP contribution in [0.15, 0.2) is 36.4 Å². The maximum absolute atomic E-state index is 12.8. The van der Waals surface area contributed by atoms with E-state index in [2.05, 4.69) is 9.88 Å². The number of aromatic nitrogens is 1. The van der Waals surface area contributed by atoms with E-state index in [-0.39, 0.29) is 5.91 Å². The summed E-state index contributed by atoms with van der Waals surface area (Å²) in [6.07, 6.45) is 0.158. The van der Waals surface area contributed by atoms with E-state index in [1.165, 1.54) is 0 Å². The van der Waals surface area contributed by atoms with Crippen LogP contribution in [0.4, 0.5) is 5.82 Å². The van der Waals surface area contributed by atoms with Gasteiger partial charge in [0.2, 0.25) is 0 Å². The summed E-state index contributed by atoms with van der Waals surface area (Å²) in [5.41, 5.74) is 2.01. The van der Waals surface area contributed by atoms with Crippen LogP contribution in [0.25, 0.3) is 0 Å². The maximum atomic E-state index is 12.8. The van der Waals surface area contributed by atoms with Crippen LogP contribution in [0.5, 0.6) is 5.75 Å². The van der Waals surface area contributed by atoms with Gasteiger partial charge in [-0.2, -0.15) is 0 Å². The topological polar surface area (TPSA) is 45.7 Å². The number of piperazine rings is 1. The van der Waals surface area contributed by atoms with Crippen LogP contribution in [-0.2, 0) is 11.2 Å². The zero-order valence-electron chi connectivity index (χ0n) is 14.1. The first-order valence-corrected chi connectivity index (χ1v) is 8.90. The largest absolute Gasteiger partial charge is 0.480 e. The Labute approximate surface area is 152 Å². The second kappa shape index (κ2) is 6.56. The molecule has 6 heteroatoms. The number of amides is 1. The summed E-state index contributed by atoms with van der Waals surface area (Å²) in [5.74, 6) is 1.81. The third-order valence-electron chi connectivity index (χ3n) is 4.76. The summed E-state index contributed by atoms with van der Waals surface area (Å²) in [7, 11) is 0. The van der Waals surface area contributed by atoms with Crippen molar-refractivity contribution in [1.29, 1.82) is 0 Å². The van der Waals surface area contributed by atoms with E-state index < -0.39 is 6.10 Å². The number of aryl methyl sites for hydroxylation is 1. The van der Waals surface area contributed by atoms with Crippen molar-refractivity contribution in [2.45, 2.75) is 19.4 Å². The number of ether oxygens (including phenoxy) is 1. The predicted octanol–water partition coefficient (Wildman–Crippen LogP) is 2.70. The van der Waals surface area contributed by atoms with E-state index in [4.69, 9.17) is 16.3 Å². The summed E-state index contributed by atoms with van der Waals surface area (Å²) in [6, 6.07) is 11.5. The van der Waals surface area contributed by atoms with E-state index in [9.17, 15) is 4.79 Å². The van der Waals surface area contributed by atoms with Gasteiger partial charge in [-0.15, -0.1) is 0 Å². The average Bonchev–Trinajstić information content (AvgIpc) is 3.04. The molecule has 130 valence electrons. The Balaban J connectivity index is 1.37. The first kappa shape index (κ1) is 16.2. The highest BCUT2D eigenvalue weighted by atomic mass is 35.5. The number of pyridine rings is 1. The van der Waals surface area contributed by atoms with Gasteiger partial charge in [-0.3, -0.25) is 4.79 Å². The molecular formula is C19H20ClN3O2. The first-order chi connectivity index (χ1) is 12.1. The molecule has 2 aromatic rings. The van der Waals surface area contributed by atoms with Gasteiger partial charge in [-0.1, -0.05) is 17.7 Å². The normalized spacial score (nSPS) is 19.5. The molecule has 1 aromatic heterocycles. The second-order valence-corrected chi connectivity index (χ2v) is 6.95. The lowest BCUT2D eigenvalue weighted by atomic mass is 10.1. The number of fused-ring (bicyclic) bond motifs is 1.